The SMILES string of the molecule is O=C(O)CCN1C(=O)C(CC(F)(F)F)N=C(c2ccccc2)c2cc(Cl)ccc21. The maximum absolute atomic E-state index is 13.2. The predicted molar refractivity (Wildman–Crippen MR) is 103 cm³/mol. The highest BCUT2D eigenvalue weighted by Crippen LogP contribution is 2.34. The summed E-state index contributed by atoms with van der Waals surface area (Å²) in [7, 11) is 0. The van der Waals surface area contributed by atoms with Gasteiger partial charge in [0.15, 0.2) is 0 Å². The molecule has 0 saturated carbocycles. The summed E-state index contributed by atoms with van der Waals surface area (Å²) in [6.07, 6.45) is -6.50. The lowest BCUT2D eigenvalue weighted by Gasteiger charge is -2.25. The fourth-order valence-corrected chi connectivity index (χ4v) is 3.30. The number of halogens is 4. The quantitative estimate of drug-likeness (QED) is 0.777. The third kappa shape index (κ3) is 4.95. The summed E-state index contributed by atoms with van der Waals surface area (Å²) in [5.41, 5.74) is 1.36. The van der Waals surface area contributed by atoms with E-state index in [9.17, 15) is 22.8 Å². The number of amides is 1. The Morgan fingerprint density at radius 2 is 1.86 bits per heavy atom. The molecule has 1 heterocycles. The number of hydrogen-bond acceptors (Lipinski definition) is 3. The van der Waals surface area contributed by atoms with Gasteiger partial charge in [-0.3, -0.25) is 14.6 Å². The Labute approximate surface area is 169 Å². The van der Waals surface area contributed by atoms with Gasteiger partial charge < -0.3 is 10.0 Å². The molecule has 1 aliphatic heterocycles. The Morgan fingerprint density at radius 3 is 2.48 bits per heavy atom. The van der Waals surface area contributed by atoms with E-state index >= 15 is 0 Å². The van der Waals surface area contributed by atoms with E-state index in [2.05, 4.69) is 4.99 Å². The highest BCUT2D eigenvalue weighted by Gasteiger charge is 2.40. The first-order valence-corrected chi connectivity index (χ1v) is 9.06. The number of nitrogens with zero attached hydrogens (tertiary/aromatic N) is 2. The highest BCUT2D eigenvalue weighted by molar-refractivity contribution is 6.32. The van der Waals surface area contributed by atoms with E-state index in [1.165, 1.54) is 18.2 Å². The molecule has 0 radical (unpaired) electrons. The van der Waals surface area contributed by atoms with E-state index in [4.69, 9.17) is 16.7 Å². The molecule has 0 aromatic heterocycles. The standard InChI is InChI=1S/C20H16ClF3N2O3/c21-13-6-7-16-14(10-13)18(12-4-2-1-3-5-12)25-15(11-20(22,23)24)19(29)26(16)9-8-17(27)28/h1-7,10,15H,8-9,11H2,(H,27,28). The van der Waals surface area contributed by atoms with Crippen molar-refractivity contribution in [3.05, 3.63) is 64.7 Å². The monoisotopic (exact) mass is 424 g/mol. The van der Waals surface area contributed by atoms with Gasteiger partial charge in [-0.15, -0.1) is 0 Å². The summed E-state index contributed by atoms with van der Waals surface area (Å²) in [6.45, 7) is -0.283. The van der Waals surface area contributed by atoms with Crippen LogP contribution in [0.2, 0.25) is 5.02 Å². The molecular weight excluding hydrogens is 409 g/mol. The average Bonchev–Trinajstić information content (AvgIpc) is 2.75. The zero-order valence-corrected chi connectivity index (χ0v) is 15.7. The number of aliphatic imine (C=N–C) groups is 1. The number of benzene rings is 2. The molecule has 5 nitrogen and oxygen atoms in total. The fraction of sp³-hybridized carbons (Fsp3) is 0.250. The molecule has 0 spiro atoms. The molecule has 29 heavy (non-hydrogen) atoms. The first kappa shape index (κ1) is 20.9. The van der Waals surface area contributed by atoms with Crippen molar-refractivity contribution in [3.63, 3.8) is 0 Å². The van der Waals surface area contributed by atoms with Crippen LogP contribution < -0.4 is 4.90 Å². The third-order valence-corrected chi connectivity index (χ3v) is 4.60. The van der Waals surface area contributed by atoms with Crippen LogP contribution >= 0.6 is 11.6 Å². The number of alkyl halides is 3. The molecule has 1 aliphatic rings. The lowest BCUT2D eigenvalue weighted by Crippen LogP contribution is -2.41. The number of hydrogen-bond donors (Lipinski definition) is 1. The molecule has 152 valence electrons. The Hall–Kier alpha value is -2.87. The van der Waals surface area contributed by atoms with Crippen molar-refractivity contribution >= 4 is 34.9 Å². The van der Waals surface area contributed by atoms with E-state index in [0.29, 0.717) is 16.1 Å². The van der Waals surface area contributed by atoms with Crippen LogP contribution in [0.5, 0.6) is 0 Å². The van der Waals surface area contributed by atoms with Gasteiger partial charge >= 0.3 is 12.1 Å². The molecule has 0 fully saturated rings. The maximum atomic E-state index is 13.2. The number of benzodiazepines with no additional fused rings is 1. The predicted octanol–water partition coefficient (Wildman–Crippen LogP) is 4.32. The van der Waals surface area contributed by atoms with Gasteiger partial charge in [-0.25, -0.2) is 0 Å². The lowest BCUT2D eigenvalue weighted by atomic mass is 10.00. The third-order valence-electron chi connectivity index (χ3n) is 4.36. The summed E-state index contributed by atoms with van der Waals surface area (Å²) in [6, 6.07) is 11.3. The van der Waals surface area contributed by atoms with E-state index in [1.54, 1.807) is 30.3 Å². The highest BCUT2D eigenvalue weighted by atomic mass is 35.5. The van der Waals surface area contributed by atoms with Crippen LogP contribution in [-0.4, -0.2) is 41.5 Å². The number of carbonyl (C=O) groups excluding carboxylic acids is 1. The zero-order chi connectivity index (χ0) is 21.2. The Kier molecular flexibility index (Phi) is 5.93. The van der Waals surface area contributed by atoms with Gasteiger partial charge in [0, 0.05) is 22.7 Å². The van der Waals surface area contributed by atoms with Gasteiger partial charge in [-0.2, -0.15) is 13.2 Å². The summed E-state index contributed by atoms with van der Waals surface area (Å²) in [4.78, 5) is 29.2. The number of anilines is 1. The molecule has 2 aromatic carbocycles. The molecule has 2 aromatic rings. The molecule has 1 amide bonds. The molecule has 1 atom stereocenters. The minimum absolute atomic E-state index is 0.198. The van der Waals surface area contributed by atoms with Gasteiger partial charge in [-0.05, 0) is 18.2 Å². The molecular formula is C20H16ClF3N2O3. The van der Waals surface area contributed by atoms with Crippen molar-refractivity contribution in [1.29, 1.82) is 0 Å². The fourth-order valence-electron chi connectivity index (χ4n) is 3.13. The average molecular weight is 425 g/mol. The van der Waals surface area contributed by atoms with Crippen molar-refractivity contribution in [2.75, 3.05) is 11.4 Å². The van der Waals surface area contributed by atoms with Gasteiger partial charge in [0.2, 0.25) is 0 Å². The molecule has 0 aliphatic carbocycles. The largest absolute Gasteiger partial charge is 0.481 e. The molecule has 0 saturated heterocycles. The molecule has 3 rings (SSSR count). The maximum Gasteiger partial charge on any atom is 0.391 e. The van der Waals surface area contributed by atoms with E-state index in [1.807, 2.05) is 0 Å². The summed E-state index contributed by atoms with van der Waals surface area (Å²) in [5.74, 6) is -2.08. The molecule has 1 unspecified atom stereocenters. The van der Waals surface area contributed by atoms with E-state index < -0.39 is 36.9 Å². The van der Waals surface area contributed by atoms with E-state index in [-0.39, 0.29) is 17.9 Å². The first-order chi connectivity index (χ1) is 13.7. The number of carboxylic acid groups (broad SMARTS) is 1. The number of carbonyl (C=O) groups is 2. The smallest absolute Gasteiger partial charge is 0.391 e. The van der Waals surface area contributed by atoms with Crippen LogP contribution in [0, 0.1) is 0 Å². The molecule has 1 N–H and O–H groups in total. The lowest BCUT2D eigenvalue weighted by molar-refractivity contribution is -0.146. The number of rotatable bonds is 5. The zero-order valence-electron chi connectivity index (χ0n) is 15.0. The van der Waals surface area contributed by atoms with Crippen LogP contribution in [0.1, 0.15) is 24.0 Å². The Bertz CT molecular complexity index is 961. The molecule has 9 heteroatoms. The second-order valence-corrected chi connectivity index (χ2v) is 6.91. The van der Waals surface area contributed by atoms with Crippen molar-refractivity contribution < 1.29 is 27.9 Å². The van der Waals surface area contributed by atoms with Gasteiger partial charge in [-0.1, -0.05) is 41.9 Å². The van der Waals surface area contributed by atoms with Crippen LogP contribution in [0.15, 0.2) is 53.5 Å². The topological polar surface area (TPSA) is 70.0 Å². The van der Waals surface area contributed by atoms with Gasteiger partial charge in [0.25, 0.3) is 5.91 Å². The second kappa shape index (κ2) is 8.24. The van der Waals surface area contributed by atoms with Crippen LogP contribution in [0.25, 0.3) is 0 Å². The van der Waals surface area contributed by atoms with Crippen molar-refractivity contribution in [2.45, 2.75) is 25.1 Å². The van der Waals surface area contributed by atoms with Crippen molar-refractivity contribution in [3.8, 4) is 0 Å². The Balaban J connectivity index is 2.20. The summed E-state index contributed by atoms with van der Waals surface area (Å²) in [5, 5.41) is 9.32. The van der Waals surface area contributed by atoms with Gasteiger partial charge in [0.1, 0.15) is 6.04 Å². The van der Waals surface area contributed by atoms with Gasteiger partial charge in [0.05, 0.1) is 24.2 Å². The first-order valence-electron chi connectivity index (χ1n) is 8.69. The van der Waals surface area contributed by atoms with Crippen LogP contribution in [-0.2, 0) is 9.59 Å². The van der Waals surface area contributed by atoms with Crippen molar-refractivity contribution in [2.24, 2.45) is 4.99 Å². The number of carboxylic acids is 1. The number of aliphatic carboxylic acids is 1. The minimum Gasteiger partial charge on any atom is -0.481 e. The second-order valence-electron chi connectivity index (χ2n) is 6.47. The Morgan fingerprint density at radius 1 is 1.17 bits per heavy atom. The number of fused-ring (bicyclic) bond motifs is 1. The summed E-state index contributed by atoms with van der Waals surface area (Å²) < 4.78 is 39.5. The van der Waals surface area contributed by atoms with Crippen LogP contribution in [0.3, 0.4) is 0 Å². The van der Waals surface area contributed by atoms with Crippen molar-refractivity contribution in [1.82, 2.24) is 0 Å². The molecule has 0 bridgehead atoms. The summed E-state index contributed by atoms with van der Waals surface area (Å²) >= 11 is 6.10. The minimum atomic E-state index is -4.63. The van der Waals surface area contributed by atoms with E-state index in [0.717, 1.165) is 4.90 Å². The normalized spacial score (nSPS) is 16.8. The van der Waals surface area contributed by atoms with Crippen LogP contribution in [0.4, 0.5) is 18.9 Å².